The van der Waals surface area contributed by atoms with Gasteiger partial charge in [0.05, 0.1) is 8.66 Å². The summed E-state index contributed by atoms with van der Waals surface area (Å²) in [5.74, 6) is 0.550. The highest BCUT2D eigenvalue weighted by molar-refractivity contribution is 9.13. The summed E-state index contributed by atoms with van der Waals surface area (Å²) in [7, 11) is 0. The minimum absolute atomic E-state index is 0.420. The minimum atomic E-state index is 0.420. The SMILES string of the molecule is CCc1c(Cl)nc(-c2cc(Br)c(Br)s2)nc1Cl. The summed E-state index contributed by atoms with van der Waals surface area (Å²) in [6, 6.07) is 1.93. The summed E-state index contributed by atoms with van der Waals surface area (Å²) in [4.78, 5) is 9.45. The molecule has 0 amide bonds. The lowest BCUT2D eigenvalue weighted by Gasteiger charge is -2.04. The van der Waals surface area contributed by atoms with Crippen LogP contribution >= 0.6 is 66.4 Å². The van der Waals surface area contributed by atoms with Crippen molar-refractivity contribution in [3.8, 4) is 10.7 Å². The van der Waals surface area contributed by atoms with E-state index in [9.17, 15) is 0 Å². The van der Waals surface area contributed by atoms with Crippen molar-refractivity contribution in [2.24, 2.45) is 0 Å². The van der Waals surface area contributed by atoms with E-state index in [0.29, 0.717) is 16.1 Å². The van der Waals surface area contributed by atoms with Gasteiger partial charge >= 0.3 is 0 Å². The molecular weight excluding hydrogens is 411 g/mol. The molecule has 0 bridgehead atoms. The summed E-state index contributed by atoms with van der Waals surface area (Å²) in [6.07, 6.45) is 0.718. The van der Waals surface area contributed by atoms with Crippen LogP contribution in [0.15, 0.2) is 14.3 Å². The van der Waals surface area contributed by atoms with Crippen molar-refractivity contribution in [1.29, 1.82) is 0 Å². The van der Waals surface area contributed by atoms with E-state index in [1.165, 1.54) is 11.3 Å². The molecule has 17 heavy (non-hydrogen) atoms. The number of thiophene rings is 1. The number of rotatable bonds is 2. The molecule has 0 saturated heterocycles. The minimum Gasteiger partial charge on any atom is -0.215 e. The van der Waals surface area contributed by atoms with Crippen molar-refractivity contribution in [1.82, 2.24) is 9.97 Å². The monoisotopic (exact) mass is 414 g/mol. The van der Waals surface area contributed by atoms with E-state index >= 15 is 0 Å². The second-order valence-electron chi connectivity index (χ2n) is 3.19. The maximum absolute atomic E-state index is 6.08. The first kappa shape index (κ1) is 13.7. The van der Waals surface area contributed by atoms with Crippen LogP contribution in [0.4, 0.5) is 0 Å². The van der Waals surface area contributed by atoms with Gasteiger partial charge in [-0.15, -0.1) is 11.3 Å². The average molecular weight is 417 g/mol. The molecule has 0 N–H and O–H groups in total. The molecule has 0 saturated carbocycles. The highest BCUT2D eigenvalue weighted by atomic mass is 79.9. The molecule has 2 aromatic rings. The van der Waals surface area contributed by atoms with Crippen molar-refractivity contribution in [3.05, 3.63) is 30.2 Å². The van der Waals surface area contributed by atoms with Crippen molar-refractivity contribution in [2.75, 3.05) is 0 Å². The molecule has 2 rings (SSSR count). The Bertz CT molecular complexity index is 529. The molecule has 0 unspecified atom stereocenters. The first-order valence-corrected chi connectivity index (χ1v) is 7.86. The van der Waals surface area contributed by atoms with Crippen LogP contribution < -0.4 is 0 Å². The molecule has 0 atom stereocenters. The van der Waals surface area contributed by atoms with Gasteiger partial charge in [-0.25, -0.2) is 9.97 Å². The molecule has 0 fully saturated rings. The number of halogens is 4. The van der Waals surface area contributed by atoms with Gasteiger partial charge in [0.25, 0.3) is 0 Å². The largest absolute Gasteiger partial charge is 0.215 e. The van der Waals surface area contributed by atoms with Crippen LogP contribution in [0.3, 0.4) is 0 Å². The topological polar surface area (TPSA) is 25.8 Å². The van der Waals surface area contributed by atoms with E-state index in [1.54, 1.807) is 0 Å². The quantitative estimate of drug-likeness (QED) is 0.595. The molecule has 0 radical (unpaired) electrons. The Labute approximate surface area is 130 Å². The highest BCUT2D eigenvalue weighted by Crippen LogP contribution is 2.38. The third kappa shape index (κ3) is 2.84. The summed E-state index contributed by atoms with van der Waals surface area (Å²) >= 11 is 20.5. The normalized spacial score (nSPS) is 10.9. The van der Waals surface area contributed by atoms with Gasteiger partial charge in [-0.1, -0.05) is 30.1 Å². The van der Waals surface area contributed by atoms with Crippen LogP contribution in [-0.4, -0.2) is 9.97 Å². The zero-order valence-corrected chi connectivity index (χ0v) is 14.1. The van der Waals surface area contributed by atoms with E-state index < -0.39 is 0 Å². The van der Waals surface area contributed by atoms with Crippen molar-refractivity contribution >= 4 is 66.4 Å². The van der Waals surface area contributed by atoms with Crippen molar-refractivity contribution in [3.63, 3.8) is 0 Å². The van der Waals surface area contributed by atoms with Crippen LogP contribution in [0, 0.1) is 0 Å². The summed E-state index contributed by atoms with van der Waals surface area (Å²) < 4.78 is 1.95. The Morgan fingerprint density at radius 2 is 1.82 bits per heavy atom. The maximum Gasteiger partial charge on any atom is 0.172 e. The van der Waals surface area contributed by atoms with E-state index in [1.807, 2.05) is 13.0 Å². The molecular formula is C10H6Br2Cl2N2S. The van der Waals surface area contributed by atoms with E-state index in [0.717, 1.165) is 25.1 Å². The zero-order chi connectivity index (χ0) is 12.6. The van der Waals surface area contributed by atoms with Gasteiger partial charge in [0, 0.05) is 10.0 Å². The van der Waals surface area contributed by atoms with Crippen molar-refractivity contribution in [2.45, 2.75) is 13.3 Å². The lowest BCUT2D eigenvalue weighted by molar-refractivity contribution is 1.05. The Kier molecular flexibility index (Phi) is 4.47. The average Bonchev–Trinajstić information content (AvgIpc) is 2.59. The van der Waals surface area contributed by atoms with E-state index in [4.69, 9.17) is 23.2 Å². The molecule has 0 spiro atoms. The van der Waals surface area contributed by atoms with Gasteiger partial charge in [0.15, 0.2) is 5.82 Å². The smallest absolute Gasteiger partial charge is 0.172 e. The van der Waals surface area contributed by atoms with Crippen LogP contribution in [0.25, 0.3) is 10.7 Å². The highest BCUT2D eigenvalue weighted by Gasteiger charge is 2.14. The lowest BCUT2D eigenvalue weighted by atomic mass is 10.2. The Balaban J connectivity index is 2.54. The molecule has 0 aromatic carbocycles. The molecule has 0 aliphatic rings. The summed E-state index contributed by atoms with van der Waals surface area (Å²) in [5.41, 5.74) is 0.784. The fourth-order valence-electron chi connectivity index (χ4n) is 1.29. The van der Waals surface area contributed by atoms with Crippen LogP contribution in [0.2, 0.25) is 10.3 Å². The number of hydrogen-bond donors (Lipinski definition) is 0. The van der Waals surface area contributed by atoms with E-state index in [-0.39, 0.29) is 0 Å². The third-order valence-corrected chi connectivity index (χ3v) is 6.00. The molecule has 90 valence electrons. The second-order valence-corrected chi connectivity index (χ2v) is 7.13. The number of nitrogens with zero attached hydrogens (tertiary/aromatic N) is 2. The van der Waals surface area contributed by atoms with Gasteiger partial charge in [0.1, 0.15) is 10.3 Å². The fraction of sp³-hybridized carbons (Fsp3) is 0.200. The Morgan fingerprint density at radius 3 is 2.24 bits per heavy atom. The molecule has 7 heteroatoms. The second kappa shape index (κ2) is 5.53. The third-order valence-electron chi connectivity index (χ3n) is 2.13. The van der Waals surface area contributed by atoms with Gasteiger partial charge in [-0.05, 0) is 44.3 Å². The first-order valence-electron chi connectivity index (χ1n) is 4.70. The number of hydrogen-bond acceptors (Lipinski definition) is 3. The Morgan fingerprint density at radius 1 is 1.24 bits per heavy atom. The van der Waals surface area contributed by atoms with E-state index in [2.05, 4.69) is 41.8 Å². The molecule has 2 aromatic heterocycles. The van der Waals surface area contributed by atoms with Crippen LogP contribution in [-0.2, 0) is 6.42 Å². The van der Waals surface area contributed by atoms with Crippen molar-refractivity contribution < 1.29 is 0 Å². The summed E-state index contributed by atoms with van der Waals surface area (Å²) in [5, 5.41) is 0.839. The predicted octanol–water partition coefficient (Wildman–Crippen LogP) is 5.60. The maximum atomic E-state index is 6.08. The molecule has 0 aliphatic carbocycles. The lowest BCUT2D eigenvalue weighted by Crippen LogP contribution is -1.95. The van der Waals surface area contributed by atoms with Crippen LogP contribution in [0.1, 0.15) is 12.5 Å². The van der Waals surface area contributed by atoms with Gasteiger partial charge in [-0.2, -0.15) is 0 Å². The van der Waals surface area contributed by atoms with Gasteiger partial charge < -0.3 is 0 Å². The zero-order valence-electron chi connectivity index (χ0n) is 8.60. The molecule has 2 heterocycles. The molecule has 0 aliphatic heterocycles. The van der Waals surface area contributed by atoms with Gasteiger partial charge in [-0.3, -0.25) is 0 Å². The van der Waals surface area contributed by atoms with Gasteiger partial charge in [0.2, 0.25) is 0 Å². The first-order chi connectivity index (χ1) is 8.02. The Hall–Kier alpha value is 0.320. The standard InChI is InChI=1S/C10H6Br2Cl2N2S/c1-2-4-8(13)15-10(16-9(4)14)6-3-5(11)7(12)17-6/h3H,2H2,1H3. The molecule has 2 nitrogen and oxygen atoms in total. The van der Waals surface area contributed by atoms with Crippen LogP contribution in [0.5, 0.6) is 0 Å². The fourth-order valence-corrected chi connectivity index (χ4v) is 3.91. The summed E-state index contributed by atoms with van der Waals surface area (Å²) in [6.45, 7) is 1.97. The number of aromatic nitrogens is 2. The predicted molar refractivity (Wildman–Crippen MR) is 80.1 cm³/mol.